The van der Waals surface area contributed by atoms with Gasteiger partial charge in [-0.3, -0.25) is 20.4 Å². The molecule has 0 saturated carbocycles. The number of halogens is 2. The number of thiazole rings is 1. The van der Waals surface area contributed by atoms with Crippen molar-refractivity contribution in [2.75, 3.05) is 0 Å². The summed E-state index contributed by atoms with van der Waals surface area (Å²) in [6.07, 6.45) is 0.622. The fraction of sp³-hybridized carbons (Fsp3) is 0.150. The van der Waals surface area contributed by atoms with Crippen molar-refractivity contribution < 1.29 is 14.0 Å². The van der Waals surface area contributed by atoms with Crippen LogP contribution < -0.4 is 10.9 Å². The molecule has 0 aliphatic rings. The highest BCUT2D eigenvalue weighted by molar-refractivity contribution is 7.13. The van der Waals surface area contributed by atoms with Gasteiger partial charge in [-0.2, -0.15) is 0 Å². The van der Waals surface area contributed by atoms with Crippen LogP contribution in [0.1, 0.15) is 31.5 Å². The quantitative estimate of drug-likeness (QED) is 0.619. The molecule has 8 heteroatoms. The molecule has 2 amide bonds. The van der Waals surface area contributed by atoms with Gasteiger partial charge < -0.3 is 0 Å². The molecule has 144 valence electrons. The molecule has 0 spiro atoms. The van der Waals surface area contributed by atoms with Gasteiger partial charge in [0, 0.05) is 11.4 Å². The van der Waals surface area contributed by atoms with Gasteiger partial charge in [-0.15, -0.1) is 11.3 Å². The molecule has 0 radical (unpaired) electrons. The molecular weight excluding hydrogens is 401 g/mol. The predicted molar refractivity (Wildman–Crippen MR) is 107 cm³/mol. The largest absolute Gasteiger partial charge is 0.281 e. The van der Waals surface area contributed by atoms with E-state index in [1.54, 1.807) is 43.3 Å². The molecule has 0 unspecified atom stereocenters. The zero-order chi connectivity index (χ0) is 20.1. The van der Waals surface area contributed by atoms with Crippen LogP contribution in [-0.4, -0.2) is 16.8 Å². The summed E-state index contributed by atoms with van der Waals surface area (Å²) in [5.74, 6) is -1.07. The lowest BCUT2D eigenvalue weighted by molar-refractivity contribution is -0.121. The summed E-state index contributed by atoms with van der Waals surface area (Å²) in [5, 5.41) is 1.33. The number of carbonyl (C=O) groups is 2. The third-order valence-electron chi connectivity index (χ3n) is 3.91. The first-order valence-corrected chi connectivity index (χ1v) is 9.64. The Bertz CT molecular complexity index is 988. The Balaban J connectivity index is 1.56. The molecule has 0 bridgehead atoms. The van der Waals surface area contributed by atoms with Crippen LogP contribution in [0.25, 0.3) is 0 Å². The molecule has 0 aliphatic heterocycles. The van der Waals surface area contributed by atoms with Crippen LogP contribution in [0.2, 0.25) is 5.02 Å². The van der Waals surface area contributed by atoms with E-state index in [2.05, 4.69) is 15.8 Å². The standard InChI is InChI=1S/C20H17ClFN3O2S/c1-12-19(28-18(23-12)11-14-4-8-16(22)9-5-14)20(27)25-24-17(26)10-13-2-6-15(21)7-3-13/h2-9H,10-11H2,1H3,(H,24,26)(H,25,27). The van der Waals surface area contributed by atoms with Crippen molar-refractivity contribution in [2.24, 2.45) is 0 Å². The Morgan fingerprint density at radius 1 is 1.04 bits per heavy atom. The van der Waals surface area contributed by atoms with E-state index in [0.29, 0.717) is 22.0 Å². The lowest BCUT2D eigenvalue weighted by atomic mass is 10.1. The molecule has 1 heterocycles. The number of aryl methyl sites for hydroxylation is 1. The van der Waals surface area contributed by atoms with E-state index in [9.17, 15) is 14.0 Å². The van der Waals surface area contributed by atoms with Gasteiger partial charge in [0.15, 0.2) is 0 Å². The Morgan fingerprint density at radius 3 is 2.36 bits per heavy atom. The maximum atomic E-state index is 13.0. The summed E-state index contributed by atoms with van der Waals surface area (Å²) >= 11 is 7.06. The molecule has 0 atom stereocenters. The number of hydrogen-bond donors (Lipinski definition) is 2. The Hall–Kier alpha value is -2.77. The number of aromatic nitrogens is 1. The summed E-state index contributed by atoms with van der Waals surface area (Å²) in [4.78, 5) is 29.2. The lowest BCUT2D eigenvalue weighted by Crippen LogP contribution is -2.42. The van der Waals surface area contributed by atoms with E-state index in [4.69, 9.17) is 11.6 Å². The average molecular weight is 418 g/mol. The minimum atomic E-state index is -0.426. The second kappa shape index (κ2) is 8.95. The average Bonchev–Trinajstić information content (AvgIpc) is 3.04. The first-order valence-electron chi connectivity index (χ1n) is 8.45. The van der Waals surface area contributed by atoms with Crippen LogP contribution >= 0.6 is 22.9 Å². The molecule has 3 rings (SSSR count). The molecule has 2 aromatic carbocycles. The van der Waals surface area contributed by atoms with Gasteiger partial charge in [-0.05, 0) is 42.3 Å². The lowest BCUT2D eigenvalue weighted by Gasteiger charge is -2.06. The van der Waals surface area contributed by atoms with E-state index in [-0.39, 0.29) is 18.1 Å². The fourth-order valence-corrected chi connectivity index (χ4v) is 3.65. The minimum Gasteiger partial charge on any atom is -0.273 e. The minimum absolute atomic E-state index is 0.120. The van der Waals surface area contributed by atoms with Gasteiger partial charge in [0.25, 0.3) is 5.91 Å². The summed E-state index contributed by atoms with van der Waals surface area (Å²) in [6.45, 7) is 1.73. The summed E-state index contributed by atoms with van der Waals surface area (Å²) < 4.78 is 13.0. The third kappa shape index (κ3) is 5.37. The van der Waals surface area contributed by atoms with Gasteiger partial charge >= 0.3 is 0 Å². The van der Waals surface area contributed by atoms with Crippen LogP contribution in [-0.2, 0) is 17.6 Å². The molecule has 5 nitrogen and oxygen atoms in total. The highest BCUT2D eigenvalue weighted by Crippen LogP contribution is 2.21. The van der Waals surface area contributed by atoms with Gasteiger partial charge in [0.1, 0.15) is 10.7 Å². The van der Waals surface area contributed by atoms with Crippen LogP contribution in [0.4, 0.5) is 4.39 Å². The van der Waals surface area contributed by atoms with Crippen LogP contribution in [0, 0.1) is 12.7 Å². The van der Waals surface area contributed by atoms with Gasteiger partial charge in [0.2, 0.25) is 5.91 Å². The summed E-state index contributed by atoms with van der Waals surface area (Å²) in [5.41, 5.74) is 7.08. The van der Waals surface area contributed by atoms with Gasteiger partial charge in [-0.1, -0.05) is 35.9 Å². The summed E-state index contributed by atoms with van der Waals surface area (Å²) in [7, 11) is 0. The van der Waals surface area contributed by atoms with E-state index in [1.807, 2.05) is 0 Å². The third-order valence-corrected chi connectivity index (χ3v) is 5.32. The number of nitrogens with one attached hydrogen (secondary N) is 2. The van der Waals surface area contributed by atoms with Crippen molar-refractivity contribution in [3.05, 3.63) is 86.1 Å². The second-order valence-electron chi connectivity index (χ2n) is 6.13. The first kappa shape index (κ1) is 20.0. The van der Waals surface area contributed by atoms with E-state index in [1.165, 1.54) is 23.5 Å². The number of carbonyl (C=O) groups excluding carboxylic acids is 2. The van der Waals surface area contributed by atoms with Crippen molar-refractivity contribution in [3.63, 3.8) is 0 Å². The SMILES string of the molecule is Cc1nc(Cc2ccc(F)cc2)sc1C(=O)NNC(=O)Cc1ccc(Cl)cc1. The maximum absolute atomic E-state index is 13.0. The van der Waals surface area contributed by atoms with Crippen molar-refractivity contribution in [1.29, 1.82) is 0 Å². The molecule has 0 fully saturated rings. The highest BCUT2D eigenvalue weighted by atomic mass is 35.5. The van der Waals surface area contributed by atoms with Crippen molar-refractivity contribution >= 4 is 34.8 Å². The Kier molecular flexibility index (Phi) is 6.38. The topological polar surface area (TPSA) is 71.1 Å². The zero-order valence-electron chi connectivity index (χ0n) is 15.0. The van der Waals surface area contributed by atoms with Crippen LogP contribution in [0.3, 0.4) is 0 Å². The number of benzene rings is 2. The van der Waals surface area contributed by atoms with Crippen molar-refractivity contribution in [3.8, 4) is 0 Å². The monoisotopic (exact) mass is 417 g/mol. The van der Waals surface area contributed by atoms with Gasteiger partial charge in [0.05, 0.1) is 17.1 Å². The number of amides is 2. The second-order valence-corrected chi connectivity index (χ2v) is 7.65. The molecule has 0 aliphatic carbocycles. The number of hydrazine groups is 1. The van der Waals surface area contributed by atoms with Crippen molar-refractivity contribution in [2.45, 2.75) is 19.8 Å². The molecular formula is C20H17ClFN3O2S. The smallest absolute Gasteiger partial charge is 0.273 e. The molecule has 3 aromatic rings. The fourth-order valence-electron chi connectivity index (χ4n) is 2.53. The summed E-state index contributed by atoms with van der Waals surface area (Å²) in [6, 6.07) is 13.0. The molecule has 28 heavy (non-hydrogen) atoms. The number of hydrogen-bond acceptors (Lipinski definition) is 4. The number of nitrogens with zero attached hydrogens (tertiary/aromatic N) is 1. The molecule has 1 aromatic heterocycles. The predicted octanol–water partition coefficient (Wildman–Crippen LogP) is 3.84. The van der Waals surface area contributed by atoms with Crippen LogP contribution in [0.15, 0.2) is 48.5 Å². The highest BCUT2D eigenvalue weighted by Gasteiger charge is 2.16. The van der Waals surface area contributed by atoms with E-state index >= 15 is 0 Å². The van der Waals surface area contributed by atoms with Gasteiger partial charge in [-0.25, -0.2) is 9.37 Å². The van der Waals surface area contributed by atoms with Crippen molar-refractivity contribution in [1.82, 2.24) is 15.8 Å². The molecule has 2 N–H and O–H groups in total. The Morgan fingerprint density at radius 2 is 1.68 bits per heavy atom. The normalized spacial score (nSPS) is 10.5. The first-order chi connectivity index (χ1) is 13.4. The molecule has 0 saturated heterocycles. The van der Waals surface area contributed by atoms with Crippen LogP contribution in [0.5, 0.6) is 0 Å². The zero-order valence-corrected chi connectivity index (χ0v) is 16.5. The maximum Gasteiger partial charge on any atom is 0.281 e. The number of rotatable bonds is 5. The Labute approximate surface area is 170 Å². The van der Waals surface area contributed by atoms with E-state index in [0.717, 1.165) is 16.1 Å². The van der Waals surface area contributed by atoms with E-state index < -0.39 is 5.91 Å².